The predicted octanol–water partition coefficient (Wildman–Crippen LogP) is -0.404. The fourth-order valence-electron chi connectivity index (χ4n) is 0.573. The minimum absolute atomic E-state index is 0.113. The van der Waals surface area contributed by atoms with Crippen LogP contribution in [0.1, 0.15) is 20.3 Å². The number of carbonyl (C=O) groups is 2. The van der Waals surface area contributed by atoms with Crippen LogP contribution in [0.3, 0.4) is 0 Å². The summed E-state index contributed by atoms with van der Waals surface area (Å²) < 4.78 is -0.113. The first-order valence-corrected chi connectivity index (χ1v) is 3.91. The second-order valence-corrected chi connectivity index (χ2v) is 2.82. The van der Waals surface area contributed by atoms with Crippen LogP contribution < -0.4 is 5.32 Å². The zero-order valence-electron chi connectivity index (χ0n) is 6.01. The van der Waals surface area contributed by atoms with Crippen LogP contribution in [0.4, 0.5) is 0 Å². The van der Waals surface area contributed by atoms with Gasteiger partial charge in [0.15, 0.2) is 0 Å². The molecular weight excluding hydrogens is 197 g/mol. The molecule has 0 aromatic heterocycles. The van der Waals surface area contributed by atoms with Gasteiger partial charge in [-0.05, 0) is 0 Å². The summed E-state index contributed by atoms with van der Waals surface area (Å²) in [5, 5.41) is 2.51. The second-order valence-electron chi connectivity index (χ2n) is 1.98. The molecule has 0 unspecified atom stereocenters. The quantitative estimate of drug-likeness (QED) is 0.640. The van der Waals surface area contributed by atoms with Gasteiger partial charge in [-0.1, -0.05) is 0 Å². The van der Waals surface area contributed by atoms with Crippen LogP contribution in [0.2, 0.25) is 0 Å². The summed E-state index contributed by atoms with van der Waals surface area (Å²) in [6.07, 6.45) is 0.630. The van der Waals surface area contributed by atoms with Gasteiger partial charge in [-0.15, -0.1) is 0 Å². The van der Waals surface area contributed by atoms with Gasteiger partial charge in [0.25, 0.3) is 0 Å². The van der Waals surface area contributed by atoms with E-state index in [4.69, 9.17) is 0 Å². The zero-order valence-corrected chi connectivity index (χ0v) is 7.72. The summed E-state index contributed by atoms with van der Waals surface area (Å²) >= 11 is 2.34. The van der Waals surface area contributed by atoms with E-state index in [9.17, 15) is 9.59 Å². The van der Waals surface area contributed by atoms with E-state index in [0.717, 1.165) is 0 Å². The molecule has 0 spiro atoms. The van der Waals surface area contributed by atoms with Crippen molar-refractivity contribution < 1.29 is 9.59 Å². The molecule has 0 saturated carbocycles. The molecular formula is C6H10NO2Se. The van der Waals surface area contributed by atoms with Crippen molar-refractivity contribution >= 4 is 26.6 Å². The third-order valence-corrected chi connectivity index (χ3v) is 1.67. The third kappa shape index (κ3) is 3.64. The number of amides is 1. The number of carbonyl (C=O) groups excluding carboxylic acids is 2. The van der Waals surface area contributed by atoms with E-state index in [1.165, 1.54) is 6.92 Å². The fourth-order valence-corrected chi connectivity index (χ4v) is 1.05. The second kappa shape index (κ2) is 4.47. The van der Waals surface area contributed by atoms with Gasteiger partial charge in [-0.25, -0.2) is 0 Å². The average Bonchev–Trinajstić information content (AvgIpc) is 1.81. The van der Waals surface area contributed by atoms with E-state index >= 15 is 0 Å². The molecule has 0 aliphatic carbocycles. The van der Waals surface area contributed by atoms with Crippen LogP contribution >= 0.6 is 0 Å². The number of nitrogens with one attached hydrogen (secondary N) is 1. The molecule has 1 atom stereocenters. The van der Waals surface area contributed by atoms with E-state index in [-0.39, 0.29) is 16.6 Å². The maximum atomic E-state index is 10.6. The Morgan fingerprint density at radius 2 is 2.10 bits per heavy atom. The minimum atomic E-state index is -0.350. The van der Waals surface area contributed by atoms with Crippen molar-refractivity contribution in [1.82, 2.24) is 5.32 Å². The molecule has 0 aromatic carbocycles. The van der Waals surface area contributed by atoms with E-state index < -0.39 is 0 Å². The Morgan fingerprint density at radius 1 is 1.60 bits per heavy atom. The van der Waals surface area contributed by atoms with Crippen molar-refractivity contribution in [2.75, 3.05) is 0 Å². The average molecular weight is 207 g/mol. The van der Waals surface area contributed by atoms with E-state index in [0.29, 0.717) is 6.42 Å². The first-order valence-electron chi connectivity index (χ1n) is 3.06. The number of rotatable bonds is 3. The fraction of sp³-hybridized carbons (Fsp3) is 0.667. The summed E-state index contributed by atoms with van der Waals surface area (Å²) in [4.78, 5) is 21.1. The summed E-state index contributed by atoms with van der Waals surface area (Å²) in [5.41, 5.74) is 0. The molecule has 1 radical (unpaired) electrons. The summed E-state index contributed by atoms with van der Waals surface area (Å²) in [5.74, 6) is -0.171. The van der Waals surface area contributed by atoms with Gasteiger partial charge in [0.2, 0.25) is 0 Å². The van der Waals surface area contributed by atoms with E-state index in [2.05, 4.69) is 21.3 Å². The Bertz CT molecular complexity index is 147. The third-order valence-electron chi connectivity index (χ3n) is 1.07. The molecule has 0 rings (SSSR count). The zero-order chi connectivity index (χ0) is 8.15. The van der Waals surface area contributed by atoms with Crippen LogP contribution in [0, 0.1) is 0 Å². The molecule has 0 aliphatic heterocycles. The standard InChI is InChI=1S/C6H10NO2Se/c1-3-5(6(9)10)7-4(2)8/h5H,3H2,1-2H3,(H,7,8)/t5-/m0/s1. The molecule has 4 heteroatoms. The van der Waals surface area contributed by atoms with Gasteiger partial charge in [0.1, 0.15) is 0 Å². The molecule has 0 aliphatic rings. The molecule has 1 amide bonds. The molecule has 0 fully saturated rings. The van der Waals surface area contributed by atoms with Gasteiger partial charge < -0.3 is 0 Å². The Balaban J connectivity index is 3.83. The molecule has 10 heavy (non-hydrogen) atoms. The number of hydrogen-bond donors (Lipinski definition) is 1. The van der Waals surface area contributed by atoms with Crippen LogP contribution in [0.15, 0.2) is 0 Å². The van der Waals surface area contributed by atoms with Gasteiger partial charge in [-0.2, -0.15) is 0 Å². The molecule has 3 nitrogen and oxygen atoms in total. The van der Waals surface area contributed by atoms with Crippen LogP contribution in [0.25, 0.3) is 0 Å². The molecule has 57 valence electrons. The van der Waals surface area contributed by atoms with Crippen LogP contribution in [-0.2, 0) is 9.59 Å². The molecule has 0 bridgehead atoms. The first kappa shape index (κ1) is 9.66. The van der Waals surface area contributed by atoms with Crippen molar-refractivity contribution in [3.63, 3.8) is 0 Å². The Morgan fingerprint density at radius 3 is 2.20 bits per heavy atom. The van der Waals surface area contributed by atoms with Crippen molar-refractivity contribution in [1.29, 1.82) is 0 Å². The predicted molar refractivity (Wildman–Crippen MR) is 38.7 cm³/mol. The van der Waals surface area contributed by atoms with Gasteiger partial charge >= 0.3 is 67.8 Å². The monoisotopic (exact) mass is 208 g/mol. The Labute approximate surface area is 68.4 Å². The van der Waals surface area contributed by atoms with E-state index in [1.807, 2.05) is 6.92 Å². The first-order chi connectivity index (χ1) is 4.57. The normalized spacial score (nSPS) is 12.2. The summed E-state index contributed by atoms with van der Waals surface area (Å²) in [7, 11) is 0. The summed E-state index contributed by atoms with van der Waals surface area (Å²) in [6, 6.07) is -0.350. The van der Waals surface area contributed by atoms with Gasteiger partial charge in [-0.3, -0.25) is 0 Å². The maximum absolute atomic E-state index is 10.6. The van der Waals surface area contributed by atoms with Gasteiger partial charge in [0, 0.05) is 0 Å². The Hall–Kier alpha value is -0.341. The van der Waals surface area contributed by atoms with Crippen LogP contribution in [-0.4, -0.2) is 32.6 Å². The molecule has 0 aromatic rings. The molecule has 1 N–H and O–H groups in total. The van der Waals surface area contributed by atoms with E-state index in [1.54, 1.807) is 0 Å². The van der Waals surface area contributed by atoms with Crippen LogP contribution in [0.5, 0.6) is 0 Å². The molecule has 0 saturated heterocycles. The number of hydrogen-bond acceptors (Lipinski definition) is 2. The van der Waals surface area contributed by atoms with Crippen molar-refractivity contribution in [3.05, 3.63) is 0 Å². The topological polar surface area (TPSA) is 46.2 Å². The van der Waals surface area contributed by atoms with Crippen molar-refractivity contribution in [3.8, 4) is 0 Å². The Kier molecular flexibility index (Phi) is 4.32. The summed E-state index contributed by atoms with van der Waals surface area (Å²) in [6.45, 7) is 3.24. The van der Waals surface area contributed by atoms with Crippen molar-refractivity contribution in [2.24, 2.45) is 0 Å². The molecule has 0 heterocycles. The van der Waals surface area contributed by atoms with Crippen molar-refractivity contribution in [2.45, 2.75) is 26.3 Å². The SMILES string of the molecule is CC[C@H](NC(C)=O)C(=O)[Se]. The van der Waals surface area contributed by atoms with Gasteiger partial charge in [0.05, 0.1) is 0 Å².